The lowest BCUT2D eigenvalue weighted by molar-refractivity contribution is -0.135. The van der Waals surface area contributed by atoms with E-state index < -0.39 is 11.9 Å². The van der Waals surface area contributed by atoms with Crippen molar-refractivity contribution in [3.63, 3.8) is 0 Å². The normalized spacial score (nSPS) is 11.2. The molecule has 3 N–H and O–H groups in total. The maximum atomic E-state index is 10.6. The van der Waals surface area contributed by atoms with Gasteiger partial charge in [0.05, 0.1) is 6.08 Å². The van der Waals surface area contributed by atoms with E-state index in [0.29, 0.717) is 12.6 Å². The first-order chi connectivity index (χ1) is 8.07. The molecule has 0 atom stereocenters. The molecule has 0 unspecified atom stereocenters. The smallest absolute Gasteiger partial charge is 0.352 e. The number of hydrogen-bond acceptors (Lipinski definition) is 3. The molecule has 0 saturated heterocycles. The van der Waals surface area contributed by atoms with Crippen LogP contribution in [0.4, 0.5) is 0 Å². The maximum Gasteiger partial charge on any atom is 0.352 e. The molecule has 0 aliphatic rings. The van der Waals surface area contributed by atoms with Gasteiger partial charge in [-0.25, -0.2) is 9.59 Å². The highest BCUT2D eigenvalue weighted by molar-refractivity contribution is 5.94. The zero-order chi connectivity index (χ0) is 13.1. The second-order valence-electron chi connectivity index (χ2n) is 3.90. The summed E-state index contributed by atoms with van der Waals surface area (Å²) in [6.07, 6.45) is 7.34. The van der Waals surface area contributed by atoms with Gasteiger partial charge in [-0.05, 0) is 6.42 Å². The summed E-state index contributed by atoms with van der Waals surface area (Å²) >= 11 is 0. The fourth-order valence-corrected chi connectivity index (χ4v) is 1.44. The number of carboxylic acids is 2. The predicted octanol–water partition coefficient (Wildman–Crippen LogP) is 1.99. The van der Waals surface area contributed by atoms with Crippen molar-refractivity contribution in [2.45, 2.75) is 45.4 Å². The number of unbranched alkanes of at least 4 members (excludes halogenated alkanes) is 5. The highest BCUT2D eigenvalue weighted by Gasteiger charge is 2.07. The number of carbonyl (C=O) groups is 2. The average molecular weight is 243 g/mol. The molecule has 0 bridgehead atoms. The van der Waals surface area contributed by atoms with Crippen LogP contribution >= 0.6 is 0 Å². The summed E-state index contributed by atoms with van der Waals surface area (Å²) in [7, 11) is 0. The summed E-state index contributed by atoms with van der Waals surface area (Å²) in [5.41, 5.74) is -0.258. The fraction of sp³-hybridized carbons (Fsp3) is 0.667. The van der Waals surface area contributed by atoms with Crippen LogP contribution in [0.3, 0.4) is 0 Å². The Labute approximate surface area is 102 Å². The molecule has 0 saturated carbocycles. The largest absolute Gasteiger partial charge is 0.478 e. The van der Waals surface area contributed by atoms with Crippen LogP contribution in [0.25, 0.3) is 0 Å². The first kappa shape index (κ1) is 15.5. The third-order valence-electron chi connectivity index (χ3n) is 2.34. The molecule has 5 nitrogen and oxygen atoms in total. The Balaban J connectivity index is 3.70. The molecule has 0 aromatic rings. The molecule has 0 aromatic carbocycles. The van der Waals surface area contributed by atoms with Crippen LogP contribution in [-0.4, -0.2) is 28.7 Å². The quantitative estimate of drug-likeness (QED) is 0.403. The van der Waals surface area contributed by atoms with Crippen molar-refractivity contribution in [2.75, 3.05) is 6.54 Å². The van der Waals surface area contributed by atoms with Gasteiger partial charge in [-0.1, -0.05) is 39.0 Å². The van der Waals surface area contributed by atoms with Crippen LogP contribution in [-0.2, 0) is 9.59 Å². The molecule has 0 heterocycles. The van der Waals surface area contributed by atoms with E-state index >= 15 is 0 Å². The van der Waals surface area contributed by atoms with Crippen LogP contribution < -0.4 is 5.32 Å². The Morgan fingerprint density at radius 1 is 1.06 bits per heavy atom. The number of aliphatic carboxylic acids is 2. The molecular formula is C12H21NO4. The second-order valence-corrected chi connectivity index (χ2v) is 3.90. The Hall–Kier alpha value is -1.52. The second kappa shape index (κ2) is 9.69. The Morgan fingerprint density at radius 2 is 1.65 bits per heavy atom. The Bertz CT molecular complexity index is 274. The van der Waals surface area contributed by atoms with E-state index in [-0.39, 0.29) is 5.70 Å². The van der Waals surface area contributed by atoms with E-state index in [0.717, 1.165) is 19.3 Å². The van der Waals surface area contributed by atoms with Crippen molar-refractivity contribution in [1.82, 2.24) is 5.32 Å². The van der Waals surface area contributed by atoms with E-state index in [2.05, 4.69) is 12.2 Å². The third-order valence-corrected chi connectivity index (χ3v) is 2.34. The highest BCUT2D eigenvalue weighted by atomic mass is 16.4. The molecule has 0 amide bonds. The minimum Gasteiger partial charge on any atom is -0.478 e. The zero-order valence-corrected chi connectivity index (χ0v) is 10.2. The van der Waals surface area contributed by atoms with E-state index in [1.165, 1.54) is 19.3 Å². The summed E-state index contributed by atoms with van der Waals surface area (Å²) in [5.74, 6) is -2.49. The van der Waals surface area contributed by atoms with Gasteiger partial charge in [-0.3, -0.25) is 0 Å². The van der Waals surface area contributed by atoms with Crippen molar-refractivity contribution < 1.29 is 19.8 Å². The van der Waals surface area contributed by atoms with Crippen molar-refractivity contribution in [3.05, 3.63) is 11.8 Å². The van der Waals surface area contributed by atoms with Gasteiger partial charge in [-0.2, -0.15) is 0 Å². The van der Waals surface area contributed by atoms with Crippen molar-refractivity contribution >= 4 is 11.9 Å². The molecule has 0 aromatic heterocycles. The lowest BCUT2D eigenvalue weighted by Gasteiger charge is -2.06. The molecule has 0 aliphatic carbocycles. The molecule has 5 heteroatoms. The summed E-state index contributed by atoms with van der Waals surface area (Å²) in [5, 5.41) is 19.8. The van der Waals surface area contributed by atoms with Gasteiger partial charge in [0.15, 0.2) is 0 Å². The molecule has 0 aliphatic heterocycles. The molecule has 0 fully saturated rings. The Morgan fingerprint density at radius 3 is 2.18 bits per heavy atom. The zero-order valence-electron chi connectivity index (χ0n) is 10.2. The summed E-state index contributed by atoms with van der Waals surface area (Å²) in [6, 6.07) is 0. The summed E-state index contributed by atoms with van der Waals surface area (Å²) in [4.78, 5) is 21.0. The van der Waals surface area contributed by atoms with Crippen LogP contribution in [0.15, 0.2) is 11.8 Å². The van der Waals surface area contributed by atoms with Crippen LogP contribution in [0.2, 0.25) is 0 Å². The van der Waals surface area contributed by atoms with Gasteiger partial charge in [0.25, 0.3) is 0 Å². The highest BCUT2D eigenvalue weighted by Crippen LogP contribution is 2.04. The number of nitrogens with one attached hydrogen (secondary N) is 1. The predicted molar refractivity (Wildman–Crippen MR) is 64.7 cm³/mol. The standard InChI is InChI=1S/C12H21NO4/c1-2-3-4-5-6-7-8-13-10(12(16)17)9-11(14)15/h9,13H,2-8H2,1H3,(H,14,15)(H,16,17)/b10-9+. The number of carboxylic acid groups (broad SMARTS) is 2. The van der Waals surface area contributed by atoms with Gasteiger partial charge in [0.2, 0.25) is 0 Å². The van der Waals surface area contributed by atoms with Gasteiger partial charge in [0.1, 0.15) is 5.70 Å². The van der Waals surface area contributed by atoms with Gasteiger partial charge >= 0.3 is 11.9 Å². The minimum absolute atomic E-state index is 0.258. The number of rotatable bonds is 10. The lowest BCUT2D eigenvalue weighted by Crippen LogP contribution is -2.22. The van der Waals surface area contributed by atoms with E-state index in [9.17, 15) is 9.59 Å². The summed E-state index contributed by atoms with van der Waals surface area (Å²) < 4.78 is 0. The minimum atomic E-state index is -1.25. The number of hydrogen-bond donors (Lipinski definition) is 3. The van der Waals surface area contributed by atoms with Gasteiger partial charge in [-0.15, -0.1) is 0 Å². The fourth-order valence-electron chi connectivity index (χ4n) is 1.44. The van der Waals surface area contributed by atoms with Crippen LogP contribution in [0.1, 0.15) is 45.4 Å². The maximum absolute atomic E-state index is 10.6. The first-order valence-corrected chi connectivity index (χ1v) is 5.99. The van der Waals surface area contributed by atoms with Crippen molar-refractivity contribution in [3.8, 4) is 0 Å². The molecular weight excluding hydrogens is 222 g/mol. The van der Waals surface area contributed by atoms with E-state index in [1.807, 2.05) is 0 Å². The topological polar surface area (TPSA) is 86.6 Å². The molecule has 0 radical (unpaired) electrons. The van der Waals surface area contributed by atoms with Crippen molar-refractivity contribution in [1.29, 1.82) is 0 Å². The van der Waals surface area contributed by atoms with Crippen LogP contribution in [0.5, 0.6) is 0 Å². The van der Waals surface area contributed by atoms with E-state index in [4.69, 9.17) is 10.2 Å². The molecule has 0 spiro atoms. The SMILES string of the molecule is CCCCCCCCN/C(=C/C(=O)O)C(=O)O. The first-order valence-electron chi connectivity index (χ1n) is 5.99. The van der Waals surface area contributed by atoms with Crippen molar-refractivity contribution in [2.24, 2.45) is 0 Å². The van der Waals surface area contributed by atoms with Crippen LogP contribution in [0, 0.1) is 0 Å². The molecule has 98 valence electrons. The third kappa shape index (κ3) is 9.41. The average Bonchev–Trinajstić information content (AvgIpc) is 2.25. The van der Waals surface area contributed by atoms with Gasteiger partial charge < -0.3 is 15.5 Å². The lowest BCUT2D eigenvalue weighted by atomic mass is 10.1. The van der Waals surface area contributed by atoms with Gasteiger partial charge in [0, 0.05) is 6.54 Å². The van der Waals surface area contributed by atoms with E-state index in [1.54, 1.807) is 0 Å². The Kier molecular flexibility index (Phi) is 8.82. The monoisotopic (exact) mass is 243 g/mol. The molecule has 17 heavy (non-hydrogen) atoms. The molecule has 0 rings (SSSR count). The summed E-state index contributed by atoms with van der Waals surface area (Å²) in [6.45, 7) is 2.65.